The Kier molecular flexibility index (Phi) is 5.61. The summed E-state index contributed by atoms with van der Waals surface area (Å²) in [5.74, 6) is 1.58. The minimum Gasteiger partial charge on any atom is -0.484 e. The maximum Gasteiger partial charge on any atom is 0.260 e. The van der Waals surface area contributed by atoms with Crippen molar-refractivity contribution in [2.75, 3.05) is 32.8 Å². The molecule has 1 aromatic rings. The average molecular weight is 385 g/mol. The van der Waals surface area contributed by atoms with Gasteiger partial charge in [0.2, 0.25) is 5.91 Å². The predicted octanol–water partition coefficient (Wildman–Crippen LogP) is 3.41. The molecule has 1 spiro atoms. The van der Waals surface area contributed by atoms with Crippen LogP contribution in [0.4, 0.5) is 0 Å². The van der Waals surface area contributed by atoms with E-state index in [-0.39, 0.29) is 17.9 Å². The molecule has 2 aliphatic heterocycles. The lowest BCUT2D eigenvalue weighted by Gasteiger charge is -2.43. The lowest BCUT2D eigenvalue weighted by molar-refractivity contribution is -0.133. The van der Waals surface area contributed by atoms with Gasteiger partial charge < -0.3 is 14.5 Å². The van der Waals surface area contributed by atoms with Gasteiger partial charge >= 0.3 is 0 Å². The maximum atomic E-state index is 12.7. The molecule has 3 fully saturated rings. The van der Waals surface area contributed by atoms with E-state index in [0.29, 0.717) is 18.2 Å². The normalized spacial score (nSPS) is 23.1. The molecule has 3 aliphatic rings. The molecule has 1 aliphatic carbocycles. The van der Waals surface area contributed by atoms with Gasteiger partial charge in [-0.3, -0.25) is 9.59 Å². The third-order valence-electron chi connectivity index (χ3n) is 7.03. The third-order valence-corrected chi connectivity index (χ3v) is 7.03. The zero-order chi connectivity index (χ0) is 19.6. The van der Waals surface area contributed by atoms with Crippen molar-refractivity contribution in [3.05, 3.63) is 29.8 Å². The van der Waals surface area contributed by atoms with Gasteiger partial charge in [-0.15, -0.1) is 0 Å². The van der Waals surface area contributed by atoms with E-state index in [2.05, 4.69) is 0 Å². The first kappa shape index (κ1) is 19.3. The van der Waals surface area contributed by atoms with Gasteiger partial charge in [0.15, 0.2) is 6.61 Å². The van der Waals surface area contributed by atoms with Crippen LogP contribution in [0.2, 0.25) is 0 Å². The van der Waals surface area contributed by atoms with E-state index in [1.54, 1.807) is 0 Å². The number of nitrogens with zero attached hydrogens (tertiary/aromatic N) is 2. The first-order valence-electron chi connectivity index (χ1n) is 10.8. The summed E-state index contributed by atoms with van der Waals surface area (Å²) in [6.45, 7) is 5.59. The van der Waals surface area contributed by atoms with Gasteiger partial charge in [0.05, 0.1) is 0 Å². The number of hydrogen-bond acceptors (Lipinski definition) is 3. The summed E-state index contributed by atoms with van der Waals surface area (Å²) < 4.78 is 5.73. The molecule has 5 heteroatoms. The third kappa shape index (κ3) is 4.03. The van der Waals surface area contributed by atoms with Gasteiger partial charge in [0.1, 0.15) is 5.75 Å². The first-order chi connectivity index (χ1) is 13.6. The van der Waals surface area contributed by atoms with Gasteiger partial charge in [-0.2, -0.15) is 0 Å². The number of ether oxygens (including phenoxy) is 1. The number of rotatable bonds is 6. The highest BCUT2D eigenvalue weighted by Gasteiger charge is 2.51. The lowest BCUT2D eigenvalue weighted by atomic mass is 9.62. The second-order valence-corrected chi connectivity index (χ2v) is 8.92. The molecule has 2 heterocycles. The molecule has 0 N–H and O–H groups in total. The lowest BCUT2D eigenvalue weighted by Crippen LogP contribution is -2.39. The molecular weight excluding hydrogens is 352 g/mol. The number of benzene rings is 1. The van der Waals surface area contributed by atoms with Crippen LogP contribution < -0.4 is 4.74 Å². The van der Waals surface area contributed by atoms with Crippen LogP contribution in [-0.4, -0.2) is 54.4 Å². The van der Waals surface area contributed by atoms with Crippen LogP contribution in [0.25, 0.3) is 0 Å². The molecule has 1 atom stereocenters. The monoisotopic (exact) mass is 384 g/mol. The van der Waals surface area contributed by atoms with Crippen molar-refractivity contribution in [1.29, 1.82) is 0 Å². The molecular formula is C23H32N2O3. The Labute approximate surface area is 168 Å². The molecule has 0 bridgehead atoms. The summed E-state index contributed by atoms with van der Waals surface area (Å²) in [6, 6.07) is 7.81. The Bertz CT molecular complexity index is 722. The van der Waals surface area contributed by atoms with E-state index < -0.39 is 0 Å². The van der Waals surface area contributed by atoms with Crippen LogP contribution in [0.15, 0.2) is 24.3 Å². The quantitative estimate of drug-likeness (QED) is 0.755. The highest BCUT2D eigenvalue weighted by Crippen LogP contribution is 2.53. The van der Waals surface area contributed by atoms with Crippen LogP contribution in [0.1, 0.15) is 50.5 Å². The summed E-state index contributed by atoms with van der Waals surface area (Å²) in [7, 11) is 0. The summed E-state index contributed by atoms with van der Waals surface area (Å²) in [5, 5.41) is 0. The SMILES string of the molecule is Cc1cccc(OCC(=O)N2CC(CCC(=O)N3CCCC3)C3(CCC3)C2)c1. The van der Waals surface area contributed by atoms with E-state index in [1.807, 2.05) is 41.0 Å². The number of carbonyl (C=O) groups is 2. The van der Waals surface area contributed by atoms with Gasteiger partial charge in [-0.1, -0.05) is 18.6 Å². The fourth-order valence-corrected chi connectivity index (χ4v) is 5.18. The highest BCUT2D eigenvalue weighted by molar-refractivity contribution is 5.78. The van der Waals surface area contributed by atoms with Gasteiger partial charge in [-0.25, -0.2) is 0 Å². The van der Waals surface area contributed by atoms with E-state index >= 15 is 0 Å². The van der Waals surface area contributed by atoms with Crippen molar-refractivity contribution in [3.8, 4) is 5.75 Å². The molecule has 4 rings (SSSR count). The molecule has 0 aromatic heterocycles. The Balaban J connectivity index is 1.30. The number of aryl methyl sites for hydroxylation is 1. The van der Waals surface area contributed by atoms with Crippen LogP contribution >= 0.6 is 0 Å². The Morgan fingerprint density at radius 3 is 2.57 bits per heavy atom. The molecule has 1 saturated carbocycles. The van der Waals surface area contributed by atoms with Gasteiger partial charge in [0.25, 0.3) is 5.91 Å². The number of hydrogen-bond donors (Lipinski definition) is 0. The van der Waals surface area contributed by atoms with Crippen LogP contribution in [-0.2, 0) is 9.59 Å². The summed E-state index contributed by atoms with van der Waals surface area (Å²) in [5.41, 5.74) is 1.38. The standard InChI is InChI=1S/C23H32N2O3/c1-18-6-4-7-20(14-18)28-16-22(27)25-15-19(23(17-25)10-5-11-23)8-9-21(26)24-12-2-3-13-24/h4,6-7,14,19H,2-3,5,8-13,15-17H2,1H3. The summed E-state index contributed by atoms with van der Waals surface area (Å²) >= 11 is 0. The van der Waals surface area contributed by atoms with E-state index in [1.165, 1.54) is 19.3 Å². The minimum absolute atomic E-state index is 0.0705. The highest BCUT2D eigenvalue weighted by atomic mass is 16.5. The van der Waals surface area contributed by atoms with Crippen molar-refractivity contribution >= 4 is 11.8 Å². The zero-order valence-corrected chi connectivity index (χ0v) is 17.0. The Hall–Kier alpha value is -2.04. The topological polar surface area (TPSA) is 49.9 Å². The molecule has 1 unspecified atom stereocenters. The van der Waals surface area contributed by atoms with E-state index in [9.17, 15) is 9.59 Å². The number of amides is 2. The fraction of sp³-hybridized carbons (Fsp3) is 0.652. The van der Waals surface area contributed by atoms with Gasteiger partial charge in [0, 0.05) is 32.6 Å². The Morgan fingerprint density at radius 1 is 1.11 bits per heavy atom. The maximum absolute atomic E-state index is 12.7. The van der Waals surface area contributed by atoms with Crippen LogP contribution in [0.5, 0.6) is 5.75 Å². The summed E-state index contributed by atoms with van der Waals surface area (Å²) in [4.78, 5) is 29.2. The van der Waals surface area contributed by atoms with Gasteiger partial charge in [-0.05, 0) is 68.1 Å². The van der Waals surface area contributed by atoms with Crippen molar-refractivity contribution in [1.82, 2.24) is 9.80 Å². The Morgan fingerprint density at radius 2 is 1.89 bits per heavy atom. The van der Waals surface area contributed by atoms with Crippen LogP contribution in [0.3, 0.4) is 0 Å². The van der Waals surface area contributed by atoms with Crippen molar-refractivity contribution in [2.45, 2.75) is 51.9 Å². The second kappa shape index (κ2) is 8.14. The molecule has 2 saturated heterocycles. The predicted molar refractivity (Wildman–Crippen MR) is 108 cm³/mol. The molecule has 152 valence electrons. The average Bonchev–Trinajstić information content (AvgIpc) is 3.32. The molecule has 1 aromatic carbocycles. The molecule has 28 heavy (non-hydrogen) atoms. The first-order valence-corrected chi connectivity index (χ1v) is 10.8. The van der Waals surface area contributed by atoms with Crippen molar-refractivity contribution < 1.29 is 14.3 Å². The largest absolute Gasteiger partial charge is 0.484 e. The fourth-order valence-electron chi connectivity index (χ4n) is 5.18. The van der Waals surface area contributed by atoms with Crippen molar-refractivity contribution in [2.24, 2.45) is 11.3 Å². The van der Waals surface area contributed by atoms with Crippen LogP contribution in [0, 0.1) is 18.3 Å². The molecule has 5 nitrogen and oxygen atoms in total. The molecule has 0 radical (unpaired) electrons. The second-order valence-electron chi connectivity index (χ2n) is 8.92. The molecule has 2 amide bonds. The number of carbonyl (C=O) groups excluding carboxylic acids is 2. The smallest absolute Gasteiger partial charge is 0.260 e. The minimum atomic E-state index is 0.0705. The summed E-state index contributed by atoms with van der Waals surface area (Å²) in [6.07, 6.45) is 7.46. The van der Waals surface area contributed by atoms with Crippen molar-refractivity contribution in [3.63, 3.8) is 0 Å². The zero-order valence-electron chi connectivity index (χ0n) is 17.0. The van der Waals surface area contributed by atoms with E-state index in [0.717, 1.165) is 56.8 Å². The number of likely N-dealkylation sites (tertiary alicyclic amines) is 2. The van der Waals surface area contributed by atoms with E-state index in [4.69, 9.17) is 4.74 Å².